The van der Waals surface area contributed by atoms with Gasteiger partial charge in [0.2, 0.25) is 6.73 Å². The molecule has 11 heteroatoms. The second-order valence-electron chi connectivity index (χ2n) is 12.3. The van der Waals surface area contributed by atoms with Crippen LogP contribution in [0.1, 0.15) is 87.2 Å². The number of hydrogen-bond acceptors (Lipinski definition) is 8. The van der Waals surface area contributed by atoms with Crippen LogP contribution in [0.2, 0.25) is 0 Å². The Morgan fingerprint density at radius 1 is 1.24 bits per heavy atom. The van der Waals surface area contributed by atoms with Crippen LogP contribution in [0.4, 0.5) is 9.18 Å². The molecule has 5 rings (SSSR count). The second-order valence-corrected chi connectivity index (χ2v) is 12.3. The van der Waals surface area contributed by atoms with Crippen LogP contribution in [0.5, 0.6) is 0 Å². The molecular weight excluding hydrogens is 543 g/mol. The number of likely N-dealkylation sites (tertiary alicyclic amines) is 1. The molecule has 1 atom stereocenters. The zero-order valence-corrected chi connectivity index (χ0v) is 24.8. The second kappa shape index (κ2) is 12.9. The Labute approximate surface area is 245 Å². The van der Waals surface area contributed by atoms with E-state index in [1.165, 1.54) is 12.1 Å². The summed E-state index contributed by atoms with van der Waals surface area (Å²) in [5.41, 5.74) is 2.41. The molecule has 42 heavy (non-hydrogen) atoms. The van der Waals surface area contributed by atoms with Crippen LogP contribution in [-0.2, 0) is 22.4 Å². The first-order valence-electron chi connectivity index (χ1n) is 15.1. The summed E-state index contributed by atoms with van der Waals surface area (Å²) in [6, 6.07) is 4.48. The minimum absolute atomic E-state index is 0.101. The molecule has 3 aromatic rings. The number of carbonyl (C=O) groups excluding carboxylic acids is 1. The number of nitrogens with zero attached hydrogens (tertiary/aromatic N) is 4. The highest BCUT2D eigenvalue weighted by atomic mass is 19.1. The number of aliphatic hydroxyl groups excluding tert-OH is 1. The SMILES string of the molecule is Cc1nc2n(c(=O)c1CC[N+]1(COC(=O)OCCCC(C)C)CCC(c3noc4cc(F)ccc34)CC1)CCCC2O. The third-order valence-corrected chi connectivity index (χ3v) is 8.85. The highest BCUT2D eigenvalue weighted by molar-refractivity contribution is 5.79. The Balaban J connectivity index is 1.30. The molecule has 4 heterocycles. The Morgan fingerprint density at radius 2 is 2.02 bits per heavy atom. The molecule has 0 bridgehead atoms. The van der Waals surface area contributed by atoms with E-state index in [4.69, 9.17) is 14.0 Å². The number of benzene rings is 1. The molecule has 0 radical (unpaired) electrons. The quantitative estimate of drug-likeness (QED) is 0.197. The van der Waals surface area contributed by atoms with Gasteiger partial charge in [-0.05, 0) is 50.7 Å². The van der Waals surface area contributed by atoms with Crippen molar-refractivity contribution in [2.45, 2.75) is 84.3 Å². The zero-order valence-electron chi connectivity index (χ0n) is 24.8. The van der Waals surface area contributed by atoms with Crippen LogP contribution in [0.25, 0.3) is 11.0 Å². The average molecular weight is 586 g/mol. The van der Waals surface area contributed by atoms with Crippen molar-refractivity contribution in [1.29, 1.82) is 0 Å². The van der Waals surface area contributed by atoms with Gasteiger partial charge in [-0.3, -0.25) is 13.8 Å². The minimum Gasteiger partial charge on any atom is -0.434 e. The molecule has 2 aliphatic rings. The van der Waals surface area contributed by atoms with Crippen LogP contribution in [0.15, 0.2) is 27.5 Å². The van der Waals surface area contributed by atoms with E-state index in [0.717, 1.165) is 43.2 Å². The maximum Gasteiger partial charge on any atom is 0.512 e. The van der Waals surface area contributed by atoms with Gasteiger partial charge in [0, 0.05) is 54.4 Å². The maximum absolute atomic E-state index is 13.7. The highest BCUT2D eigenvalue weighted by Gasteiger charge is 2.38. The number of quaternary nitrogens is 1. The van der Waals surface area contributed by atoms with E-state index in [1.807, 2.05) is 6.92 Å². The standard InChI is InChI=1S/C31H42FN4O6/c1-20(2)6-5-17-40-31(39)41-19-36(16-12-24-21(3)33-29-26(37)7-4-13-35(29)30(24)38)14-10-22(11-15-36)28-25-9-8-23(32)18-27(25)42-34-28/h8-9,18,20,22,26,37H,4-7,10-17,19H2,1-3H3/q+1. The van der Waals surface area contributed by atoms with Crippen molar-refractivity contribution in [3.05, 3.63) is 57.1 Å². The lowest BCUT2D eigenvalue weighted by Crippen LogP contribution is -2.55. The molecule has 0 spiro atoms. The Morgan fingerprint density at radius 3 is 2.79 bits per heavy atom. The van der Waals surface area contributed by atoms with Gasteiger partial charge in [0.05, 0.1) is 31.9 Å². The molecule has 1 aromatic carbocycles. The Kier molecular flexibility index (Phi) is 9.27. The molecule has 1 saturated heterocycles. The number of ether oxygens (including phenoxy) is 2. The lowest BCUT2D eigenvalue weighted by Gasteiger charge is -2.42. The van der Waals surface area contributed by atoms with E-state index in [1.54, 1.807) is 10.6 Å². The van der Waals surface area contributed by atoms with Crippen LogP contribution in [0.3, 0.4) is 0 Å². The smallest absolute Gasteiger partial charge is 0.434 e. The number of piperidine rings is 1. The Hall–Kier alpha value is -3.31. The number of aliphatic hydroxyl groups is 1. The summed E-state index contributed by atoms with van der Waals surface area (Å²) in [5.74, 6) is 0.732. The van der Waals surface area contributed by atoms with Gasteiger partial charge in [-0.1, -0.05) is 19.0 Å². The number of fused-ring (bicyclic) bond motifs is 2. The zero-order chi connectivity index (χ0) is 29.9. The predicted molar refractivity (Wildman–Crippen MR) is 153 cm³/mol. The molecule has 0 saturated carbocycles. The number of carbonyl (C=O) groups is 1. The minimum atomic E-state index is -0.722. The van der Waals surface area contributed by atoms with E-state index in [0.29, 0.717) is 78.7 Å². The average Bonchev–Trinajstić information content (AvgIpc) is 3.38. The van der Waals surface area contributed by atoms with Gasteiger partial charge in [-0.25, -0.2) is 14.2 Å². The van der Waals surface area contributed by atoms with Gasteiger partial charge < -0.3 is 19.1 Å². The van der Waals surface area contributed by atoms with Gasteiger partial charge in [0.15, 0.2) is 5.58 Å². The van der Waals surface area contributed by atoms with Crippen LogP contribution < -0.4 is 5.56 Å². The van der Waals surface area contributed by atoms with E-state index >= 15 is 0 Å². The molecule has 1 N–H and O–H groups in total. The number of hydrogen-bond donors (Lipinski definition) is 1. The van der Waals surface area contributed by atoms with Crippen molar-refractivity contribution in [2.75, 3.05) is 33.0 Å². The van der Waals surface area contributed by atoms with Crippen LogP contribution in [0, 0.1) is 18.7 Å². The van der Waals surface area contributed by atoms with Gasteiger partial charge in [-0.2, -0.15) is 0 Å². The van der Waals surface area contributed by atoms with Gasteiger partial charge in [0.1, 0.15) is 17.7 Å². The molecule has 228 valence electrons. The van der Waals surface area contributed by atoms with Crippen LogP contribution in [-0.4, -0.2) is 63.4 Å². The fourth-order valence-electron chi connectivity index (χ4n) is 6.31. The first kappa shape index (κ1) is 30.2. The molecule has 0 amide bonds. The summed E-state index contributed by atoms with van der Waals surface area (Å²) in [6.45, 7) is 9.05. The summed E-state index contributed by atoms with van der Waals surface area (Å²) in [6.07, 6.45) is 3.69. The highest BCUT2D eigenvalue weighted by Crippen LogP contribution is 2.35. The van der Waals surface area contributed by atoms with E-state index < -0.39 is 12.3 Å². The summed E-state index contributed by atoms with van der Waals surface area (Å²) >= 11 is 0. The summed E-state index contributed by atoms with van der Waals surface area (Å²) in [7, 11) is 0. The van der Waals surface area contributed by atoms with Crippen molar-refractivity contribution < 1.29 is 32.8 Å². The van der Waals surface area contributed by atoms with Crippen LogP contribution >= 0.6 is 0 Å². The number of aryl methyl sites for hydroxylation is 1. The van der Waals surface area contributed by atoms with Crippen molar-refractivity contribution in [3.63, 3.8) is 0 Å². The molecule has 10 nitrogen and oxygen atoms in total. The molecular formula is C31H42FN4O6+. The topological polar surface area (TPSA) is 117 Å². The first-order valence-corrected chi connectivity index (χ1v) is 15.1. The van der Waals surface area contributed by atoms with Gasteiger partial charge in [-0.15, -0.1) is 0 Å². The third-order valence-electron chi connectivity index (χ3n) is 8.85. The van der Waals surface area contributed by atoms with E-state index in [9.17, 15) is 19.1 Å². The monoisotopic (exact) mass is 585 g/mol. The predicted octanol–water partition coefficient (Wildman–Crippen LogP) is 5.14. The first-order chi connectivity index (χ1) is 20.2. The number of rotatable bonds is 10. The molecule has 1 unspecified atom stereocenters. The van der Waals surface area contributed by atoms with Crippen molar-refractivity contribution in [2.24, 2.45) is 5.92 Å². The fourth-order valence-corrected chi connectivity index (χ4v) is 6.31. The summed E-state index contributed by atoms with van der Waals surface area (Å²) in [4.78, 5) is 30.5. The fraction of sp³-hybridized carbons (Fsp3) is 0.613. The summed E-state index contributed by atoms with van der Waals surface area (Å²) in [5, 5.41) is 15.5. The molecule has 2 aromatic heterocycles. The van der Waals surface area contributed by atoms with E-state index in [-0.39, 0.29) is 24.0 Å². The number of aromatic nitrogens is 3. The van der Waals surface area contributed by atoms with Crippen molar-refractivity contribution >= 4 is 17.1 Å². The number of halogens is 1. The molecule has 0 aliphatic carbocycles. The van der Waals surface area contributed by atoms with Crippen molar-refractivity contribution in [1.82, 2.24) is 14.7 Å². The van der Waals surface area contributed by atoms with E-state index in [2.05, 4.69) is 24.0 Å². The van der Waals surface area contributed by atoms with Gasteiger partial charge in [0.25, 0.3) is 5.56 Å². The summed E-state index contributed by atoms with van der Waals surface area (Å²) < 4.78 is 32.2. The lowest BCUT2D eigenvalue weighted by molar-refractivity contribution is -0.948. The van der Waals surface area contributed by atoms with Crippen molar-refractivity contribution in [3.8, 4) is 0 Å². The normalized spacial score (nSPS) is 22.3. The molecule has 2 aliphatic heterocycles. The van der Waals surface area contributed by atoms with Gasteiger partial charge >= 0.3 is 6.16 Å². The maximum atomic E-state index is 13.7. The largest absolute Gasteiger partial charge is 0.512 e. The molecule has 1 fully saturated rings. The Bertz CT molecular complexity index is 1460. The lowest BCUT2D eigenvalue weighted by atomic mass is 9.90. The third kappa shape index (κ3) is 6.67.